The summed E-state index contributed by atoms with van der Waals surface area (Å²) in [6.07, 6.45) is 6.28. The Balaban J connectivity index is 0.00000242. The standard InChI is InChI=1S/C16H24FN3S.HI/c17-15-9-5-4-6-13(15)12-21-11-10-19-16(18)20-14-7-2-1-3-8-14;/h4-6,9,14H,1-3,7-8,10-12H2,(H3,18,19,20);1H. The first kappa shape index (κ1) is 19.5. The van der Waals surface area contributed by atoms with Gasteiger partial charge in [-0.15, -0.1) is 24.0 Å². The molecule has 0 bridgehead atoms. The second kappa shape index (κ2) is 11.1. The molecule has 0 aromatic heterocycles. The van der Waals surface area contributed by atoms with Gasteiger partial charge in [0.25, 0.3) is 0 Å². The number of hydrogen-bond donors (Lipinski definition) is 2. The average Bonchev–Trinajstić information content (AvgIpc) is 2.50. The van der Waals surface area contributed by atoms with Gasteiger partial charge in [0.2, 0.25) is 0 Å². The van der Waals surface area contributed by atoms with E-state index in [2.05, 4.69) is 10.3 Å². The van der Waals surface area contributed by atoms with E-state index in [-0.39, 0.29) is 29.8 Å². The molecule has 0 heterocycles. The van der Waals surface area contributed by atoms with Crippen molar-refractivity contribution in [2.75, 3.05) is 12.3 Å². The van der Waals surface area contributed by atoms with Crippen molar-refractivity contribution in [3.8, 4) is 0 Å². The second-order valence-electron chi connectivity index (χ2n) is 5.39. The summed E-state index contributed by atoms with van der Waals surface area (Å²) < 4.78 is 13.4. The van der Waals surface area contributed by atoms with Crippen molar-refractivity contribution in [3.05, 3.63) is 35.6 Å². The topological polar surface area (TPSA) is 50.4 Å². The SMILES string of the molecule is I.NC(=NCCSCc1ccccc1F)NC1CCCCC1. The highest BCUT2D eigenvalue weighted by atomic mass is 127. The number of thioether (sulfide) groups is 1. The van der Waals surface area contributed by atoms with Gasteiger partial charge >= 0.3 is 0 Å². The predicted molar refractivity (Wildman–Crippen MR) is 104 cm³/mol. The lowest BCUT2D eigenvalue weighted by molar-refractivity contribution is 0.412. The molecule has 124 valence electrons. The quantitative estimate of drug-likeness (QED) is 0.307. The van der Waals surface area contributed by atoms with Gasteiger partial charge in [-0.2, -0.15) is 11.8 Å². The smallest absolute Gasteiger partial charge is 0.188 e. The predicted octanol–water partition coefficient (Wildman–Crippen LogP) is 3.91. The van der Waals surface area contributed by atoms with E-state index >= 15 is 0 Å². The molecule has 1 aromatic carbocycles. The van der Waals surface area contributed by atoms with E-state index in [1.54, 1.807) is 17.8 Å². The zero-order chi connectivity index (χ0) is 14.9. The minimum atomic E-state index is -0.132. The van der Waals surface area contributed by atoms with Crippen LogP contribution in [-0.2, 0) is 5.75 Å². The van der Waals surface area contributed by atoms with Gasteiger partial charge in [-0.25, -0.2) is 4.39 Å². The average molecular weight is 437 g/mol. The van der Waals surface area contributed by atoms with E-state index in [4.69, 9.17) is 5.73 Å². The monoisotopic (exact) mass is 437 g/mol. The number of benzene rings is 1. The fraction of sp³-hybridized carbons (Fsp3) is 0.562. The maximum Gasteiger partial charge on any atom is 0.188 e. The molecule has 3 nitrogen and oxygen atoms in total. The lowest BCUT2D eigenvalue weighted by Crippen LogP contribution is -2.41. The van der Waals surface area contributed by atoms with Crippen LogP contribution in [0.5, 0.6) is 0 Å². The van der Waals surface area contributed by atoms with Crippen LogP contribution >= 0.6 is 35.7 Å². The summed E-state index contributed by atoms with van der Waals surface area (Å²) in [4.78, 5) is 4.34. The van der Waals surface area contributed by atoms with Gasteiger partial charge in [-0.3, -0.25) is 4.99 Å². The van der Waals surface area contributed by atoms with Gasteiger partial charge in [0.1, 0.15) is 5.82 Å². The largest absolute Gasteiger partial charge is 0.370 e. The molecule has 0 saturated heterocycles. The highest BCUT2D eigenvalue weighted by molar-refractivity contribution is 14.0. The molecule has 0 unspecified atom stereocenters. The van der Waals surface area contributed by atoms with Gasteiger partial charge in [0.15, 0.2) is 5.96 Å². The first-order valence-corrected chi connectivity index (χ1v) is 8.79. The van der Waals surface area contributed by atoms with Crippen LogP contribution in [0.2, 0.25) is 0 Å². The first-order valence-electron chi connectivity index (χ1n) is 7.63. The number of nitrogens with two attached hydrogens (primary N) is 1. The number of guanidine groups is 1. The van der Waals surface area contributed by atoms with Crippen molar-refractivity contribution in [3.63, 3.8) is 0 Å². The zero-order valence-corrected chi connectivity index (χ0v) is 15.9. The number of nitrogens with one attached hydrogen (secondary N) is 1. The zero-order valence-electron chi connectivity index (χ0n) is 12.8. The Bertz CT molecular complexity index is 464. The van der Waals surface area contributed by atoms with Gasteiger partial charge < -0.3 is 11.1 Å². The molecule has 3 N–H and O–H groups in total. The van der Waals surface area contributed by atoms with Crippen LogP contribution < -0.4 is 11.1 Å². The Labute approximate surface area is 153 Å². The molecular formula is C16H25FIN3S. The lowest BCUT2D eigenvalue weighted by Gasteiger charge is -2.23. The fourth-order valence-corrected chi connectivity index (χ4v) is 3.35. The number of aliphatic imine (C=N–C) groups is 1. The highest BCUT2D eigenvalue weighted by Crippen LogP contribution is 2.17. The third-order valence-corrected chi connectivity index (χ3v) is 4.68. The summed E-state index contributed by atoms with van der Waals surface area (Å²) >= 11 is 1.68. The first-order chi connectivity index (χ1) is 10.3. The third kappa shape index (κ3) is 7.17. The summed E-state index contributed by atoms with van der Waals surface area (Å²) in [6, 6.07) is 7.40. The van der Waals surface area contributed by atoms with Crippen LogP contribution in [-0.4, -0.2) is 24.3 Å². The highest BCUT2D eigenvalue weighted by Gasteiger charge is 2.13. The van der Waals surface area contributed by atoms with Crippen molar-refractivity contribution in [2.45, 2.75) is 43.9 Å². The number of rotatable bonds is 6. The number of nitrogens with zero attached hydrogens (tertiary/aromatic N) is 1. The molecule has 1 saturated carbocycles. The van der Waals surface area contributed by atoms with Crippen LogP contribution in [0.3, 0.4) is 0 Å². The van der Waals surface area contributed by atoms with Gasteiger partial charge in [0.05, 0.1) is 6.54 Å². The Morgan fingerprint density at radius 2 is 2.00 bits per heavy atom. The maximum absolute atomic E-state index is 13.4. The van der Waals surface area contributed by atoms with Crippen LogP contribution in [0, 0.1) is 5.82 Å². The molecule has 6 heteroatoms. The minimum Gasteiger partial charge on any atom is -0.370 e. The van der Waals surface area contributed by atoms with Crippen molar-refractivity contribution in [1.82, 2.24) is 5.32 Å². The molecular weight excluding hydrogens is 412 g/mol. The van der Waals surface area contributed by atoms with Gasteiger partial charge in [-0.1, -0.05) is 37.5 Å². The van der Waals surface area contributed by atoms with Gasteiger partial charge in [0, 0.05) is 17.5 Å². The summed E-state index contributed by atoms with van der Waals surface area (Å²) in [5.41, 5.74) is 6.64. The van der Waals surface area contributed by atoms with Gasteiger partial charge in [-0.05, 0) is 24.5 Å². The van der Waals surface area contributed by atoms with E-state index in [1.165, 1.54) is 38.2 Å². The molecule has 0 radical (unpaired) electrons. The molecule has 1 aromatic rings. The Morgan fingerprint density at radius 3 is 2.73 bits per heavy atom. The molecule has 1 aliphatic rings. The van der Waals surface area contributed by atoms with E-state index in [0.29, 0.717) is 24.3 Å². The maximum atomic E-state index is 13.4. The van der Waals surface area contributed by atoms with Crippen molar-refractivity contribution in [1.29, 1.82) is 0 Å². The molecule has 0 aliphatic heterocycles. The summed E-state index contributed by atoms with van der Waals surface area (Å²) in [6.45, 7) is 0.671. The van der Waals surface area contributed by atoms with Crippen molar-refractivity contribution < 1.29 is 4.39 Å². The number of halogens is 2. The van der Waals surface area contributed by atoms with E-state index in [0.717, 1.165) is 11.3 Å². The van der Waals surface area contributed by atoms with Crippen LogP contribution in [0.25, 0.3) is 0 Å². The Kier molecular flexibility index (Phi) is 9.86. The molecule has 0 spiro atoms. The normalized spacial score (nSPS) is 16.1. The lowest BCUT2D eigenvalue weighted by atomic mass is 9.96. The molecule has 2 rings (SSSR count). The van der Waals surface area contributed by atoms with E-state index in [9.17, 15) is 4.39 Å². The van der Waals surface area contributed by atoms with Crippen molar-refractivity contribution in [2.24, 2.45) is 10.7 Å². The van der Waals surface area contributed by atoms with Crippen LogP contribution in [0.4, 0.5) is 4.39 Å². The Hall–Kier alpha value is -0.500. The summed E-state index contributed by atoms with van der Waals surface area (Å²) in [5, 5.41) is 3.30. The summed E-state index contributed by atoms with van der Waals surface area (Å²) in [7, 11) is 0. The third-order valence-electron chi connectivity index (χ3n) is 3.69. The minimum absolute atomic E-state index is 0. The van der Waals surface area contributed by atoms with Crippen LogP contribution in [0.15, 0.2) is 29.3 Å². The Morgan fingerprint density at radius 1 is 1.27 bits per heavy atom. The van der Waals surface area contributed by atoms with Crippen molar-refractivity contribution >= 4 is 41.7 Å². The van der Waals surface area contributed by atoms with E-state index in [1.807, 2.05) is 12.1 Å². The molecule has 22 heavy (non-hydrogen) atoms. The second-order valence-corrected chi connectivity index (χ2v) is 6.50. The molecule has 0 atom stereocenters. The fourth-order valence-electron chi connectivity index (χ4n) is 2.53. The molecule has 1 aliphatic carbocycles. The number of hydrogen-bond acceptors (Lipinski definition) is 2. The van der Waals surface area contributed by atoms with E-state index < -0.39 is 0 Å². The molecule has 1 fully saturated rings. The van der Waals surface area contributed by atoms with Crippen LogP contribution in [0.1, 0.15) is 37.7 Å². The summed E-state index contributed by atoms with van der Waals surface area (Å²) in [5.74, 6) is 1.94. The molecule has 0 amide bonds.